The minimum atomic E-state index is -4.69. The number of hydrogen-bond donors (Lipinski definition) is 2. The number of aromatic nitrogens is 4. The molecule has 0 spiro atoms. The molecule has 32 heavy (non-hydrogen) atoms. The molecule has 0 radical (unpaired) electrons. The number of nitrogens with zero attached hydrogens (tertiary/aromatic N) is 4. The molecule has 3 heterocycles. The molecule has 0 amide bonds. The Morgan fingerprint density at radius 1 is 1.19 bits per heavy atom. The topological polar surface area (TPSA) is 69.7 Å². The van der Waals surface area contributed by atoms with Gasteiger partial charge in [0.2, 0.25) is 5.95 Å². The molecule has 172 valence electrons. The van der Waals surface area contributed by atoms with Crippen LogP contribution in [0.25, 0.3) is 22.4 Å². The van der Waals surface area contributed by atoms with E-state index in [0.29, 0.717) is 29.1 Å². The van der Waals surface area contributed by atoms with Gasteiger partial charge in [-0.3, -0.25) is 0 Å². The van der Waals surface area contributed by atoms with Crippen molar-refractivity contribution in [2.24, 2.45) is 5.92 Å². The van der Waals surface area contributed by atoms with E-state index in [-0.39, 0.29) is 17.3 Å². The first-order valence-corrected chi connectivity index (χ1v) is 10.7. The highest BCUT2D eigenvalue weighted by Gasteiger charge is 2.37. The Morgan fingerprint density at radius 3 is 2.66 bits per heavy atom. The van der Waals surface area contributed by atoms with Gasteiger partial charge >= 0.3 is 6.18 Å². The number of benzene rings is 1. The number of imidazole rings is 1. The average Bonchev–Trinajstić information content (AvgIpc) is 3.16. The van der Waals surface area contributed by atoms with E-state index >= 15 is 0 Å². The standard InChI is InChI=1S/C22H26F4N6/c1-13-10-15(23)11-17-18(13)30-20(29-17)16-12-28-21(31-19(16)22(24,25)26)27-7-3-4-14-5-8-32(2)9-6-14/h10-12,14H,3-9H2,1-2H3,(H,29,30)(H,27,28,31). The maximum Gasteiger partial charge on any atom is 0.434 e. The fourth-order valence-corrected chi connectivity index (χ4v) is 4.17. The van der Waals surface area contributed by atoms with Gasteiger partial charge in [0, 0.05) is 12.7 Å². The van der Waals surface area contributed by atoms with Crippen LogP contribution < -0.4 is 5.32 Å². The average molecular weight is 450 g/mol. The summed E-state index contributed by atoms with van der Waals surface area (Å²) in [5.74, 6) is 0.0540. The van der Waals surface area contributed by atoms with Gasteiger partial charge in [0.15, 0.2) is 5.69 Å². The second-order valence-corrected chi connectivity index (χ2v) is 8.47. The summed E-state index contributed by atoms with van der Waals surface area (Å²) in [5.41, 5.74) is -0.0971. The molecule has 10 heteroatoms. The van der Waals surface area contributed by atoms with Crippen LogP contribution in [0.3, 0.4) is 0 Å². The molecular weight excluding hydrogens is 424 g/mol. The van der Waals surface area contributed by atoms with Gasteiger partial charge in [-0.1, -0.05) is 0 Å². The van der Waals surface area contributed by atoms with E-state index in [0.717, 1.165) is 45.0 Å². The van der Waals surface area contributed by atoms with Gasteiger partial charge in [-0.25, -0.2) is 19.3 Å². The number of H-pyrrole nitrogens is 1. The SMILES string of the molecule is Cc1cc(F)cc2[nH]c(-c3cnc(NCCCC4CCN(C)CC4)nc3C(F)(F)F)nc12. The Bertz CT molecular complexity index is 1090. The Balaban J connectivity index is 1.49. The molecule has 2 aromatic heterocycles. The van der Waals surface area contributed by atoms with Crippen LogP contribution >= 0.6 is 0 Å². The summed E-state index contributed by atoms with van der Waals surface area (Å²) in [7, 11) is 2.11. The lowest BCUT2D eigenvalue weighted by molar-refractivity contribution is -0.140. The highest BCUT2D eigenvalue weighted by molar-refractivity contribution is 5.82. The predicted molar refractivity (Wildman–Crippen MR) is 115 cm³/mol. The first-order valence-electron chi connectivity index (χ1n) is 10.7. The largest absolute Gasteiger partial charge is 0.434 e. The maximum atomic E-state index is 13.8. The molecule has 3 aromatic rings. The lowest BCUT2D eigenvalue weighted by Crippen LogP contribution is -2.30. The van der Waals surface area contributed by atoms with E-state index in [2.05, 4.69) is 37.2 Å². The van der Waals surface area contributed by atoms with Crippen molar-refractivity contribution in [3.63, 3.8) is 0 Å². The third-order valence-corrected chi connectivity index (χ3v) is 5.96. The molecule has 0 unspecified atom stereocenters. The summed E-state index contributed by atoms with van der Waals surface area (Å²) in [6, 6.07) is 2.49. The predicted octanol–water partition coefficient (Wildman–Crippen LogP) is 5.02. The molecule has 2 N–H and O–H groups in total. The van der Waals surface area contributed by atoms with Crippen molar-refractivity contribution in [1.29, 1.82) is 0 Å². The molecule has 1 saturated heterocycles. The van der Waals surface area contributed by atoms with Crippen molar-refractivity contribution >= 4 is 17.0 Å². The summed E-state index contributed by atoms with van der Waals surface area (Å²) in [4.78, 5) is 17.1. The van der Waals surface area contributed by atoms with Gasteiger partial charge in [0.1, 0.15) is 11.6 Å². The second-order valence-electron chi connectivity index (χ2n) is 8.47. The zero-order chi connectivity index (χ0) is 22.9. The Kier molecular flexibility index (Phi) is 6.32. The van der Waals surface area contributed by atoms with Gasteiger partial charge in [-0.15, -0.1) is 0 Å². The van der Waals surface area contributed by atoms with Gasteiger partial charge in [0.25, 0.3) is 0 Å². The van der Waals surface area contributed by atoms with Crippen molar-refractivity contribution in [2.45, 2.75) is 38.8 Å². The van der Waals surface area contributed by atoms with Crippen LogP contribution in [0.15, 0.2) is 18.3 Å². The summed E-state index contributed by atoms with van der Waals surface area (Å²) in [6.07, 6.45) is 0.595. The van der Waals surface area contributed by atoms with Crippen LogP contribution in [0.5, 0.6) is 0 Å². The lowest BCUT2D eigenvalue weighted by Gasteiger charge is -2.28. The normalized spacial score (nSPS) is 16.1. The maximum absolute atomic E-state index is 13.8. The number of rotatable bonds is 6. The van der Waals surface area contributed by atoms with E-state index in [9.17, 15) is 17.6 Å². The second kappa shape index (κ2) is 9.01. The number of halogens is 4. The van der Waals surface area contributed by atoms with Crippen molar-refractivity contribution in [3.05, 3.63) is 35.4 Å². The number of aryl methyl sites for hydroxylation is 1. The smallest absolute Gasteiger partial charge is 0.354 e. The third-order valence-electron chi connectivity index (χ3n) is 5.96. The summed E-state index contributed by atoms with van der Waals surface area (Å²) in [5, 5.41) is 2.91. The van der Waals surface area contributed by atoms with E-state index in [1.54, 1.807) is 6.92 Å². The third kappa shape index (κ3) is 5.01. The number of hydrogen-bond acceptors (Lipinski definition) is 5. The van der Waals surface area contributed by atoms with Crippen LogP contribution in [0, 0.1) is 18.7 Å². The molecule has 4 rings (SSSR count). The lowest BCUT2D eigenvalue weighted by atomic mass is 9.92. The minimum Gasteiger partial charge on any atom is -0.354 e. The van der Waals surface area contributed by atoms with Crippen LogP contribution in [-0.4, -0.2) is 51.5 Å². The van der Waals surface area contributed by atoms with Crippen molar-refractivity contribution < 1.29 is 17.6 Å². The number of anilines is 1. The van der Waals surface area contributed by atoms with E-state index in [1.165, 1.54) is 12.1 Å². The molecule has 1 aromatic carbocycles. The van der Waals surface area contributed by atoms with Crippen LogP contribution in [0.4, 0.5) is 23.5 Å². The van der Waals surface area contributed by atoms with Gasteiger partial charge in [-0.2, -0.15) is 13.2 Å². The zero-order valence-corrected chi connectivity index (χ0v) is 18.1. The first-order chi connectivity index (χ1) is 15.2. The molecule has 0 atom stereocenters. The highest BCUT2D eigenvalue weighted by atomic mass is 19.4. The van der Waals surface area contributed by atoms with Crippen LogP contribution in [-0.2, 0) is 6.18 Å². The summed E-state index contributed by atoms with van der Waals surface area (Å²) < 4.78 is 54.9. The number of likely N-dealkylation sites (tertiary alicyclic amines) is 1. The molecule has 1 fully saturated rings. The fraction of sp³-hybridized carbons (Fsp3) is 0.500. The summed E-state index contributed by atoms with van der Waals surface area (Å²) in [6.45, 7) is 4.33. The van der Waals surface area contributed by atoms with E-state index in [4.69, 9.17) is 0 Å². The van der Waals surface area contributed by atoms with Crippen molar-refractivity contribution in [3.8, 4) is 11.4 Å². The molecule has 0 aliphatic carbocycles. The molecule has 0 bridgehead atoms. The quantitative estimate of drug-likeness (QED) is 0.408. The van der Waals surface area contributed by atoms with E-state index in [1.807, 2.05) is 0 Å². The Morgan fingerprint density at radius 2 is 1.94 bits per heavy atom. The van der Waals surface area contributed by atoms with Crippen LogP contribution in [0.2, 0.25) is 0 Å². The van der Waals surface area contributed by atoms with E-state index < -0.39 is 17.7 Å². The molecule has 1 aliphatic heterocycles. The summed E-state index contributed by atoms with van der Waals surface area (Å²) >= 11 is 0. The number of aromatic amines is 1. The Labute approximate surface area is 183 Å². The van der Waals surface area contributed by atoms with Crippen LogP contribution in [0.1, 0.15) is 36.9 Å². The number of fused-ring (bicyclic) bond motifs is 1. The number of piperidine rings is 1. The molecule has 0 saturated carbocycles. The monoisotopic (exact) mass is 450 g/mol. The minimum absolute atomic E-state index is 0.0464. The zero-order valence-electron chi connectivity index (χ0n) is 18.1. The number of nitrogens with one attached hydrogen (secondary N) is 2. The van der Waals surface area contributed by atoms with Crippen molar-refractivity contribution in [2.75, 3.05) is 32.0 Å². The fourth-order valence-electron chi connectivity index (χ4n) is 4.17. The molecular formula is C22H26F4N6. The first kappa shape index (κ1) is 22.4. The van der Waals surface area contributed by atoms with Crippen molar-refractivity contribution in [1.82, 2.24) is 24.8 Å². The van der Waals surface area contributed by atoms with Gasteiger partial charge in [-0.05, 0) is 76.4 Å². The number of alkyl halides is 3. The Hall–Kier alpha value is -2.75. The van der Waals surface area contributed by atoms with Gasteiger partial charge in [0.05, 0.1) is 16.6 Å². The molecule has 1 aliphatic rings. The molecule has 6 nitrogen and oxygen atoms in total. The van der Waals surface area contributed by atoms with Gasteiger partial charge < -0.3 is 15.2 Å². The highest BCUT2D eigenvalue weighted by Crippen LogP contribution is 2.36.